The Morgan fingerprint density at radius 2 is 1.84 bits per heavy atom. The van der Waals surface area contributed by atoms with E-state index in [9.17, 15) is 5.11 Å². The molecule has 2 atom stereocenters. The summed E-state index contributed by atoms with van der Waals surface area (Å²) in [6.45, 7) is 9.05. The van der Waals surface area contributed by atoms with Gasteiger partial charge in [-0.3, -0.25) is 0 Å². The van der Waals surface area contributed by atoms with Gasteiger partial charge in [-0.15, -0.1) is 11.8 Å². The van der Waals surface area contributed by atoms with Crippen LogP contribution in [0.15, 0.2) is 35.2 Å². The van der Waals surface area contributed by atoms with Crippen LogP contribution in [0.1, 0.15) is 40.5 Å². The molecule has 0 aromatic heterocycles. The number of rotatable bonds is 4. The van der Waals surface area contributed by atoms with Crippen LogP contribution in [0.5, 0.6) is 0 Å². The fourth-order valence-electron chi connectivity index (χ4n) is 1.85. The number of thioether (sulfide) groups is 1. The van der Waals surface area contributed by atoms with Gasteiger partial charge in [0.1, 0.15) is 0 Å². The molecule has 2 nitrogen and oxygen atoms in total. The molecule has 2 rings (SSSR count). The van der Waals surface area contributed by atoms with E-state index < -0.39 is 0 Å². The van der Waals surface area contributed by atoms with Gasteiger partial charge in [0.2, 0.25) is 0 Å². The Labute approximate surface area is 123 Å². The number of hydrogen-bond donors (Lipinski definition) is 2. The second-order valence-corrected chi connectivity index (χ2v) is 4.99. The van der Waals surface area contributed by atoms with Crippen LogP contribution >= 0.6 is 11.8 Å². The summed E-state index contributed by atoms with van der Waals surface area (Å²) < 4.78 is 0. The van der Waals surface area contributed by atoms with Crippen LogP contribution in [0.3, 0.4) is 0 Å². The summed E-state index contributed by atoms with van der Waals surface area (Å²) in [5.41, 5.74) is 0. The standard InChI is InChI=1S/C12H17NOS.2C2H6/c14-12(11-7-4-8-13-11)9-15-10-5-2-1-3-6-10;2*1-2/h1-3,5-6,11-14H,4,7-9H2;2*1-2H3. The van der Waals surface area contributed by atoms with Crippen molar-refractivity contribution < 1.29 is 5.11 Å². The summed E-state index contributed by atoms with van der Waals surface area (Å²) in [6, 6.07) is 10.5. The van der Waals surface area contributed by atoms with Crippen molar-refractivity contribution in [2.24, 2.45) is 0 Å². The summed E-state index contributed by atoms with van der Waals surface area (Å²) >= 11 is 1.73. The molecule has 0 bridgehead atoms. The topological polar surface area (TPSA) is 32.3 Å². The maximum Gasteiger partial charge on any atom is 0.0786 e. The van der Waals surface area contributed by atoms with E-state index in [2.05, 4.69) is 17.4 Å². The second kappa shape index (κ2) is 12.5. The second-order valence-electron chi connectivity index (χ2n) is 3.89. The minimum atomic E-state index is -0.224. The van der Waals surface area contributed by atoms with E-state index in [1.165, 1.54) is 11.3 Å². The average Bonchev–Trinajstić information content (AvgIpc) is 3.04. The number of aliphatic hydroxyl groups excluding tert-OH is 1. The minimum absolute atomic E-state index is 0.224. The zero-order valence-electron chi connectivity index (χ0n) is 12.7. The van der Waals surface area contributed by atoms with Gasteiger partial charge in [-0.05, 0) is 31.5 Å². The van der Waals surface area contributed by atoms with Crippen molar-refractivity contribution in [2.75, 3.05) is 12.3 Å². The lowest BCUT2D eigenvalue weighted by molar-refractivity contribution is 0.159. The van der Waals surface area contributed by atoms with Crippen molar-refractivity contribution in [2.45, 2.75) is 57.6 Å². The Morgan fingerprint density at radius 3 is 2.37 bits per heavy atom. The molecule has 1 aliphatic rings. The number of aliphatic hydroxyl groups is 1. The molecule has 2 unspecified atom stereocenters. The number of benzene rings is 1. The van der Waals surface area contributed by atoms with Crippen LogP contribution in [0.25, 0.3) is 0 Å². The van der Waals surface area contributed by atoms with Crippen LogP contribution in [-0.2, 0) is 0 Å². The molecule has 3 heteroatoms. The largest absolute Gasteiger partial charge is 0.391 e. The fraction of sp³-hybridized carbons (Fsp3) is 0.625. The third-order valence-electron chi connectivity index (χ3n) is 2.73. The first-order valence-electron chi connectivity index (χ1n) is 7.45. The summed E-state index contributed by atoms with van der Waals surface area (Å²) in [7, 11) is 0. The Balaban J connectivity index is 0.000000741. The van der Waals surface area contributed by atoms with E-state index in [-0.39, 0.29) is 6.10 Å². The Morgan fingerprint density at radius 1 is 1.21 bits per heavy atom. The lowest BCUT2D eigenvalue weighted by Gasteiger charge is -2.17. The normalized spacial score (nSPS) is 18.7. The molecule has 0 aliphatic carbocycles. The molecule has 2 N–H and O–H groups in total. The molecule has 1 fully saturated rings. The molecule has 1 aliphatic heterocycles. The molecule has 1 heterocycles. The maximum atomic E-state index is 9.93. The molecule has 0 radical (unpaired) electrons. The number of hydrogen-bond acceptors (Lipinski definition) is 3. The van der Waals surface area contributed by atoms with Crippen LogP contribution in [0.4, 0.5) is 0 Å². The predicted octanol–water partition coefficient (Wildman–Crippen LogP) is 3.94. The summed E-state index contributed by atoms with van der Waals surface area (Å²) in [5, 5.41) is 13.3. The molecular weight excluding hydrogens is 254 g/mol. The molecule has 1 saturated heterocycles. The van der Waals surface area contributed by atoms with Gasteiger partial charge in [0.15, 0.2) is 0 Å². The monoisotopic (exact) mass is 283 g/mol. The third-order valence-corrected chi connectivity index (χ3v) is 3.84. The van der Waals surface area contributed by atoms with Crippen molar-refractivity contribution in [1.82, 2.24) is 5.32 Å². The Hall–Kier alpha value is -0.510. The van der Waals surface area contributed by atoms with Crippen molar-refractivity contribution >= 4 is 11.8 Å². The third kappa shape index (κ3) is 7.61. The maximum absolute atomic E-state index is 9.93. The zero-order chi connectivity index (χ0) is 14.5. The molecule has 1 aromatic rings. The molecule has 0 saturated carbocycles. The van der Waals surface area contributed by atoms with E-state index in [0.717, 1.165) is 18.7 Å². The van der Waals surface area contributed by atoms with Gasteiger partial charge in [0, 0.05) is 16.7 Å². The van der Waals surface area contributed by atoms with Gasteiger partial charge in [0.05, 0.1) is 6.10 Å². The highest BCUT2D eigenvalue weighted by Gasteiger charge is 2.22. The van der Waals surface area contributed by atoms with Crippen LogP contribution in [0, 0.1) is 0 Å². The van der Waals surface area contributed by atoms with Gasteiger partial charge >= 0.3 is 0 Å². The molecule has 19 heavy (non-hydrogen) atoms. The van der Waals surface area contributed by atoms with Crippen molar-refractivity contribution in [3.8, 4) is 0 Å². The van der Waals surface area contributed by atoms with E-state index in [1.54, 1.807) is 11.8 Å². The first kappa shape index (κ1) is 18.5. The fourth-order valence-corrected chi connectivity index (χ4v) is 2.80. The van der Waals surface area contributed by atoms with Gasteiger partial charge in [-0.25, -0.2) is 0 Å². The highest BCUT2D eigenvalue weighted by atomic mass is 32.2. The van der Waals surface area contributed by atoms with Crippen LogP contribution in [0.2, 0.25) is 0 Å². The van der Waals surface area contributed by atoms with E-state index in [1.807, 2.05) is 45.9 Å². The first-order chi connectivity index (χ1) is 9.36. The smallest absolute Gasteiger partial charge is 0.0786 e. The molecule has 1 aromatic carbocycles. The lowest BCUT2D eigenvalue weighted by atomic mass is 10.1. The van der Waals surface area contributed by atoms with Gasteiger partial charge in [-0.1, -0.05) is 45.9 Å². The van der Waals surface area contributed by atoms with Gasteiger partial charge in [-0.2, -0.15) is 0 Å². The van der Waals surface area contributed by atoms with E-state index in [4.69, 9.17) is 0 Å². The lowest BCUT2D eigenvalue weighted by Crippen LogP contribution is -2.36. The SMILES string of the molecule is CC.CC.OC(CSc1ccccc1)C1CCCN1. The van der Waals surface area contributed by atoms with Crippen molar-refractivity contribution in [3.05, 3.63) is 30.3 Å². The number of nitrogens with one attached hydrogen (secondary N) is 1. The summed E-state index contributed by atoms with van der Waals surface area (Å²) in [5.74, 6) is 0.779. The van der Waals surface area contributed by atoms with Crippen molar-refractivity contribution in [1.29, 1.82) is 0 Å². The van der Waals surface area contributed by atoms with Gasteiger partial charge < -0.3 is 10.4 Å². The molecule has 0 amide bonds. The highest BCUT2D eigenvalue weighted by molar-refractivity contribution is 7.99. The summed E-state index contributed by atoms with van der Waals surface area (Å²) in [6.07, 6.45) is 2.08. The average molecular weight is 283 g/mol. The predicted molar refractivity (Wildman–Crippen MR) is 86.9 cm³/mol. The van der Waals surface area contributed by atoms with E-state index >= 15 is 0 Å². The Bertz CT molecular complexity index is 286. The molecule has 0 spiro atoms. The zero-order valence-corrected chi connectivity index (χ0v) is 13.5. The molecular formula is C16H29NOS. The first-order valence-corrected chi connectivity index (χ1v) is 8.44. The Kier molecular flexibility index (Phi) is 12.2. The summed E-state index contributed by atoms with van der Waals surface area (Å²) in [4.78, 5) is 1.23. The minimum Gasteiger partial charge on any atom is -0.391 e. The van der Waals surface area contributed by atoms with Crippen molar-refractivity contribution in [3.63, 3.8) is 0 Å². The van der Waals surface area contributed by atoms with E-state index in [0.29, 0.717) is 6.04 Å². The van der Waals surface area contributed by atoms with Crippen LogP contribution in [-0.4, -0.2) is 29.5 Å². The molecule has 110 valence electrons. The quantitative estimate of drug-likeness (QED) is 0.821. The highest BCUT2D eigenvalue weighted by Crippen LogP contribution is 2.20. The van der Waals surface area contributed by atoms with Crippen LogP contribution < -0.4 is 5.32 Å². The van der Waals surface area contributed by atoms with Gasteiger partial charge in [0.25, 0.3) is 0 Å².